The smallest absolute Gasteiger partial charge is 0.180 e. The number of rotatable bonds is 2. The van der Waals surface area contributed by atoms with Crippen LogP contribution in [0.25, 0.3) is 44.8 Å². The number of nitrogens with one attached hydrogen (secondary N) is 1. The van der Waals surface area contributed by atoms with Crippen LogP contribution in [0.2, 0.25) is 0 Å². The molecule has 0 fully saturated rings. The van der Waals surface area contributed by atoms with E-state index in [9.17, 15) is 0 Å². The third kappa shape index (κ3) is 2.46. The van der Waals surface area contributed by atoms with Crippen LogP contribution in [-0.4, -0.2) is 24.9 Å². The molecular weight excluding hydrogens is 390 g/mol. The van der Waals surface area contributed by atoms with E-state index in [0.29, 0.717) is 5.82 Å². The van der Waals surface area contributed by atoms with Crippen molar-refractivity contribution in [1.82, 2.24) is 24.9 Å². The summed E-state index contributed by atoms with van der Waals surface area (Å²) < 4.78 is 1.01. The van der Waals surface area contributed by atoms with Gasteiger partial charge in [0.2, 0.25) is 0 Å². The maximum Gasteiger partial charge on any atom is 0.180 e. The summed E-state index contributed by atoms with van der Waals surface area (Å²) in [7, 11) is 0. The maximum absolute atomic E-state index is 4.82. The Kier molecular flexibility index (Phi) is 3.50. The molecular formula is C20H12BrN5. The lowest BCUT2D eigenvalue weighted by Crippen LogP contribution is -1.96. The molecule has 0 aliphatic heterocycles. The second-order valence-corrected chi connectivity index (χ2v) is 6.78. The van der Waals surface area contributed by atoms with E-state index in [4.69, 9.17) is 9.97 Å². The molecule has 1 aromatic carbocycles. The lowest BCUT2D eigenvalue weighted by molar-refractivity contribution is 1.16. The van der Waals surface area contributed by atoms with Gasteiger partial charge in [-0.05, 0) is 42.5 Å². The molecule has 26 heavy (non-hydrogen) atoms. The monoisotopic (exact) mass is 401 g/mol. The highest BCUT2D eigenvalue weighted by atomic mass is 79.9. The van der Waals surface area contributed by atoms with Crippen LogP contribution in [0.4, 0.5) is 0 Å². The fraction of sp³-hybridized carbons (Fsp3) is 0. The zero-order valence-electron chi connectivity index (χ0n) is 13.5. The summed E-state index contributed by atoms with van der Waals surface area (Å²) in [5, 5.41) is 2.02. The zero-order valence-corrected chi connectivity index (χ0v) is 15.1. The van der Waals surface area contributed by atoms with Crippen LogP contribution in [0.1, 0.15) is 0 Å². The summed E-state index contributed by atoms with van der Waals surface area (Å²) in [5.41, 5.74) is 4.10. The molecule has 1 N–H and O–H groups in total. The average molecular weight is 402 g/mol. The fourth-order valence-corrected chi connectivity index (χ4v) is 3.43. The Hall–Kier alpha value is -3.12. The molecule has 0 spiro atoms. The predicted octanol–water partition coefficient (Wildman–Crippen LogP) is 5.00. The largest absolute Gasteiger partial charge is 0.339 e. The van der Waals surface area contributed by atoms with Crippen molar-refractivity contribution in [2.45, 2.75) is 0 Å². The summed E-state index contributed by atoms with van der Waals surface area (Å²) in [6, 6.07) is 17.6. The van der Waals surface area contributed by atoms with Crippen LogP contribution in [0.3, 0.4) is 0 Å². The van der Waals surface area contributed by atoms with Gasteiger partial charge in [0.25, 0.3) is 0 Å². The van der Waals surface area contributed by atoms with E-state index in [2.05, 4.69) is 36.9 Å². The van der Waals surface area contributed by atoms with E-state index in [-0.39, 0.29) is 0 Å². The first-order valence-corrected chi connectivity index (χ1v) is 8.91. The number of H-pyrrole nitrogens is 1. The third-order valence-corrected chi connectivity index (χ3v) is 4.71. The number of pyridine rings is 2. The fourth-order valence-electron chi connectivity index (χ4n) is 3.06. The van der Waals surface area contributed by atoms with Crippen molar-refractivity contribution in [3.8, 4) is 22.9 Å². The van der Waals surface area contributed by atoms with E-state index < -0.39 is 0 Å². The van der Waals surface area contributed by atoms with Gasteiger partial charge < -0.3 is 4.98 Å². The first-order valence-electron chi connectivity index (χ1n) is 8.11. The molecule has 0 saturated heterocycles. The Morgan fingerprint density at radius 2 is 1.58 bits per heavy atom. The quantitative estimate of drug-likeness (QED) is 0.451. The number of aromatic amines is 1. The van der Waals surface area contributed by atoms with Crippen molar-refractivity contribution in [2.75, 3.05) is 0 Å². The second kappa shape index (κ2) is 6.00. The van der Waals surface area contributed by atoms with Crippen LogP contribution < -0.4 is 0 Å². The first kappa shape index (κ1) is 15.2. The molecule has 124 valence electrons. The number of fused-ring (bicyclic) bond motifs is 3. The van der Waals surface area contributed by atoms with Crippen molar-refractivity contribution in [3.05, 3.63) is 71.5 Å². The molecule has 0 aliphatic rings. The SMILES string of the molecule is Brc1ccc2[nH]c3nc(-c4ccccn4)nc(-c4ccccn4)c3c2c1. The van der Waals surface area contributed by atoms with Gasteiger partial charge in [-0.25, -0.2) is 9.97 Å². The average Bonchev–Trinajstić information content (AvgIpc) is 3.06. The maximum atomic E-state index is 4.82. The lowest BCUT2D eigenvalue weighted by Gasteiger charge is -2.06. The standard InChI is InChI=1S/C20H12BrN5/c21-12-7-8-14-13(11-12)17-18(15-5-1-3-9-22-15)25-19(26-20(17)24-14)16-6-2-4-10-23-16/h1-11H,(H,24,25,26). The number of halogens is 1. The highest BCUT2D eigenvalue weighted by molar-refractivity contribution is 9.10. The summed E-state index contributed by atoms with van der Waals surface area (Å²) in [4.78, 5) is 21.8. The zero-order chi connectivity index (χ0) is 17.5. The van der Waals surface area contributed by atoms with Crippen LogP contribution in [0.5, 0.6) is 0 Å². The van der Waals surface area contributed by atoms with Gasteiger partial charge in [0.1, 0.15) is 17.0 Å². The molecule has 5 nitrogen and oxygen atoms in total. The Morgan fingerprint density at radius 1 is 0.808 bits per heavy atom. The molecule has 0 aliphatic carbocycles. The number of benzene rings is 1. The van der Waals surface area contributed by atoms with Gasteiger partial charge in [-0.1, -0.05) is 28.1 Å². The van der Waals surface area contributed by atoms with Crippen molar-refractivity contribution in [1.29, 1.82) is 0 Å². The minimum atomic E-state index is 0.573. The van der Waals surface area contributed by atoms with Crippen LogP contribution in [0.15, 0.2) is 71.5 Å². The number of nitrogens with zero attached hydrogens (tertiary/aromatic N) is 4. The summed E-state index contributed by atoms with van der Waals surface area (Å²) in [6.45, 7) is 0. The van der Waals surface area contributed by atoms with E-state index in [1.807, 2.05) is 48.5 Å². The highest BCUT2D eigenvalue weighted by Gasteiger charge is 2.17. The first-order chi connectivity index (χ1) is 12.8. The lowest BCUT2D eigenvalue weighted by atomic mass is 10.1. The molecule has 5 aromatic rings. The molecule has 0 amide bonds. The van der Waals surface area contributed by atoms with Gasteiger partial charge in [0, 0.05) is 27.8 Å². The van der Waals surface area contributed by atoms with Crippen LogP contribution in [0, 0.1) is 0 Å². The molecule has 0 unspecified atom stereocenters. The molecule has 6 heteroatoms. The van der Waals surface area contributed by atoms with Gasteiger partial charge in [-0.2, -0.15) is 0 Å². The minimum Gasteiger partial charge on any atom is -0.339 e. The van der Waals surface area contributed by atoms with Gasteiger partial charge >= 0.3 is 0 Å². The van der Waals surface area contributed by atoms with E-state index in [1.54, 1.807) is 12.4 Å². The molecule has 0 bridgehead atoms. The normalized spacial score (nSPS) is 11.3. The van der Waals surface area contributed by atoms with Gasteiger partial charge in [-0.15, -0.1) is 0 Å². The summed E-state index contributed by atoms with van der Waals surface area (Å²) >= 11 is 3.55. The van der Waals surface area contributed by atoms with Crippen LogP contribution >= 0.6 is 15.9 Å². The Labute approximate surface area is 157 Å². The molecule has 0 atom stereocenters. The Bertz CT molecular complexity index is 1230. The highest BCUT2D eigenvalue weighted by Crippen LogP contribution is 2.34. The van der Waals surface area contributed by atoms with E-state index in [1.165, 1.54) is 0 Å². The molecule has 4 heterocycles. The molecule has 5 rings (SSSR count). The Balaban J connectivity index is 1.91. The van der Waals surface area contributed by atoms with Crippen molar-refractivity contribution < 1.29 is 0 Å². The third-order valence-electron chi connectivity index (χ3n) is 4.21. The molecule has 0 saturated carbocycles. The van der Waals surface area contributed by atoms with Gasteiger partial charge in [0.15, 0.2) is 5.82 Å². The minimum absolute atomic E-state index is 0.573. The molecule has 4 aromatic heterocycles. The topological polar surface area (TPSA) is 67.3 Å². The van der Waals surface area contributed by atoms with Crippen molar-refractivity contribution in [3.63, 3.8) is 0 Å². The van der Waals surface area contributed by atoms with Gasteiger partial charge in [0.05, 0.1) is 11.1 Å². The summed E-state index contributed by atoms with van der Waals surface area (Å²) in [6.07, 6.45) is 3.51. The number of hydrogen-bond acceptors (Lipinski definition) is 4. The second-order valence-electron chi connectivity index (χ2n) is 5.86. The van der Waals surface area contributed by atoms with Gasteiger partial charge in [-0.3, -0.25) is 9.97 Å². The predicted molar refractivity (Wildman–Crippen MR) is 106 cm³/mol. The Morgan fingerprint density at radius 3 is 2.31 bits per heavy atom. The number of hydrogen-bond donors (Lipinski definition) is 1. The number of aromatic nitrogens is 5. The van der Waals surface area contributed by atoms with Crippen molar-refractivity contribution >= 4 is 37.9 Å². The van der Waals surface area contributed by atoms with Crippen LogP contribution in [-0.2, 0) is 0 Å². The van der Waals surface area contributed by atoms with Crippen molar-refractivity contribution in [2.24, 2.45) is 0 Å². The van der Waals surface area contributed by atoms with E-state index in [0.717, 1.165) is 43.5 Å². The van der Waals surface area contributed by atoms with E-state index >= 15 is 0 Å². The molecule has 0 radical (unpaired) electrons. The summed E-state index contributed by atoms with van der Waals surface area (Å²) in [5.74, 6) is 0.573.